The van der Waals surface area contributed by atoms with Crippen molar-refractivity contribution in [2.45, 2.75) is 38.8 Å². The summed E-state index contributed by atoms with van der Waals surface area (Å²) < 4.78 is 46.5. The van der Waals surface area contributed by atoms with E-state index in [0.29, 0.717) is 25.9 Å². The number of hydrogen-bond donors (Lipinski definition) is 0. The van der Waals surface area contributed by atoms with Crippen molar-refractivity contribution in [3.8, 4) is 0 Å². The molecule has 2 rings (SSSR count). The van der Waals surface area contributed by atoms with Crippen LogP contribution in [0.25, 0.3) is 0 Å². The van der Waals surface area contributed by atoms with Gasteiger partial charge in [-0.2, -0.15) is 0 Å². The number of rotatable bonds is 8. The quantitative estimate of drug-likeness (QED) is 0.564. The third kappa shape index (κ3) is 5.24. The predicted octanol–water partition coefficient (Wildman–Crippen LogP) is -0.426. The Kier molecular flexibility index (Phi) is 6.44. The fourth-order valence-corrected chi connectivity index (χ4v) is 7.15. The van der Waals surface area contributed by atoms with E-state index in [9.17, 15) is 21.6 Å². The van der Waals surface area contributed by atoms with Crippen molar-refractivity contribution in [2.24, 2.45) is 0 Å². The predicted molar refractivity (Wildman–Crippen MR) is 93.6 cm³/mol. The second-order valence-corrected chi connectivity index (χ2v) is 11.2. The highest BCUT2D eigenvalue weighted by atomic mass is 32.2. The number of sulfone groups is 2. The summed E-state index contributed by atoms with van der Waals surface area (Å²) >= 11 is 0. The topological polar surface area (TPSA) is 91.8 Å². The van der Waals surface area contributed by atoms with Gasteiger partial charge in [-0.1, -0.05) is 13.8 Å². The molecule has 0 aliphatic carbocycles. The Morgan fingerprint density at radius 2 is 1.21 bits per heavy atom. The normalized spacial score (nSPS) is 28.7. The fourth-order valence-electron chi connectivity index (χ4n) is 3.63. The molecule has 0 radical (unpaired) electrons. The Morgan fingerprint density at radius 1 is 0.833 bits per heavy atom. The molecule has 7 nitrogen and oxygen atoms in total. The number of likely N-dealkylation sites (N-methyl/N-ethyl adjacent to an activating group) is 2. The molecular formula is C15H28N2O5S2. The zero-order valence-electron chi connectivity index (χ0n) is 14.5. The van der Waals surface area contributed by atoms with Crippen LogP contribution in [0.2, 0.25) is 0 Å². The molecule has 0 unspecified atom stereocenters. The number of hydrogen-bond acceptors (Lipinski definition) is 7. The average Bonchev–Trinajstić information content (AvgIpc) is 3.04. The van der Waals surface area contributed by atoms with Gasteiger partial charge in [-0.25, -0.2) is 16.8 Å². The van der Waals surface area contributed by atoms with E-state index in [1.165, 1.54) is 0 Å². The molecule has 2 atom stereocenters. The average molecular weight is 381 g/mol. The lowest BCUT2D eigenvalue weighted by Crippen LogP contribution is -2.45. The van der Waals surface area contributed by atoms with Gasteiger partial charge in [0.15, 0.2) is 25.5 Å². The molecule has 0 aromatic rings. The Morgan fingerprint density at radius 3 is 1.46 bits per heavy atom. The molecule has 0 saturated carbocycles. The largest absolute Gasteiger partial charge is 0.297 e. The van der Waals surface area contributed by atoms with E-state index < -0.39 is 19.7 Å². The number of carbonyl (C=O) groups is 1. The zero-order valence-corrected chi connectivity index (χ0v) is 16.1. The van der Waals surface area contributed by atoms with Crippen LogP contribution in [0.4, 0.5) is 0 Å². The van der Waals surface area contributed by atoms with Gasteiger partial charge >= 0.3 is 0 Å². The first kappa shape index (κ1) is 19.8. The maximum atomic E-state index is 12.4. The Hall–Kier alpha value is -0.510. The molecule has 0 bridgehead atoms. The van der Waals surface area contributed by atoms with Gasteiger partial charge in [0.25, 0.3) is 0 Å². The molecular weight excluding hydrogens is 352 g/mol. The summed E-state index contributed by atoms with van der Waals surface area (Å²) in [6.07, 6.45) is 1.17. The first-order valence-electron chi connectivity index (χ1n) is 8.56. The molecule has 0 aromatic heterocycles. The minimum absolute atomic E-state index is 0.0206. The van der Waals surface area contributed by atoms with Crippen LogP contribution in [0.5, 0.6) is 0 Å². The highest BCUT2D eigenvalue weighted by Crippen LogP contribution is 2.19. The molecule has 9 heteroatoms. The molecule has 2 saturated heterocycles. The van der Waals surface area contributed by atoms with E-state index in [-0.39, 0.29) is 54.0 Å². The molecule has 0 spiro atoms. The molecule has 2 aliphatic heterocycles. The first-order chi connectivity index (χ1) is 11.2. The van der Waals surface area contributed by atoms with E-state index in [1.807, 2.05) is 23.6 Å². The summed E-state index contributed by atoms with van der Waals surface area (Å²) in [5.74, 6) is 0.679. The zero-order chi connectivity index (χ0) is 18.0. The lowest BCUT2D eigenvalue weighted by atomic mass is 10.1. The summed E-state index contributed by atoms with van der Waals surface area (Å²) in [4.78, 5) is 16.3. The van der Waals surface area contributed by atoms with Crippen molar-refractivity contribution >= 4 is 25.5 Å². The van der Waals surface area contributed by atoms with Crippen molar-refractivity contribution in [1.82, 2.24) is 9.80 Å². The molecule has 0 aromatic carbocycles. The van der Waals surface area contributed by atoms with Crippen LogP contribution in [0.1, 0.15) is 26.7 Å². The van der Waals surface area contributed by atoms with Gasteiger partial charge in [-0.15, -0.1) is 0 Å². The van der Waals surface area contributed by atoms with Crippen LogP contribution in [0.15, 0.2) is 0 Å². The standard InChI is InChI=1S/C15H28N2O5S2/c1-3-16(13-5-7-23(19,20)11-13)9-15(18)10-17(4-2)14-6-8-24(21,22)12-14/h13-14H,3-12H2,1-2H3/t13-,14-/m0/s1. The molecule has 0 amide bonds. The van der Waals surface area contributed by atoms with E-state index >= 15 is 0 Å². The molecule has 2 heterocycles. The molecule has 24 heavy (non-hydrogen) atoms. The van der Waals surface area contributed by atoms with Crippen molar-refractivity contribution in [3.05, 3.63) is 0 Å². The summed E-state index contributed by atoms with van der Waals surface area (Å²) in [7, 11) is -5.94. The van der Waals surface area contributed by atoms with Crippen molar-refractivity contribution < 1.29 is 21.6 Å². The maximum absolute atomic E-state index is 12.4. The highest BCUT2D eigenvalue weighted by molar-refractivity contribution is 7.91. The van der Waals surface area contributed by atoms with Crippen LogP contribution in [-0.4, -0.2) is 93.7 Å². The van der Waals surface area contributed by atoms with Crippen molar-refractivity contribution in [3.63, 3.8) is 0 Å². The van der Waals surface area contributed by atoms with Gasteiger partial charge in [0.05, 0.1) is 36.1 Å². The number of carbonyl (C=O) groups excluding carboxylic acids is 1. The fraction of sp³-hybridized carbons (Fsp3) is 0.933. The van der Waals surface area contributed by atoms with Crippen LogP contribution in [0.3, 0.4) is 0 Å². The Bertz CT molecular complexity index is 603. The summed E-state index contributed by atoms with van der Waals surface area (Å²) in [6, 6.07) is -0.156. The third-order valence-corrected chi connectivity index (χ3v) is 8.52. The molecule has 140 valence electrons. The lowest BCUT2D eigenvalue weighted by Gasteiger charge is -2.29. The number of ketones is 1. The van der Waals surface area contributed by atoms with E-state index in [2.05, 4.69) is 0 Å². The third-order valence-electron chi connectivity index (χ3n) is 5.02. The van der Waals surface area contributed by atoms with Crippen molar-refractivity contribution in [1.29, 1.82) is 0 Å². The van der Waals surface area contributed by atoms with Gasteiger partial charge in [0, 0.05) is 12.1 Å². The first-order valence-corrected chi connectivity index (χ1v) is 12.2. The minimum atomic E-state index is -2.97. The Labute approximate surface area is 145 Å². The van der Waals surface area contributed by atoms with Gasteiger partial charge in [-0.3, -0.25) is 14.6 Å². The minimum Gasteiger partial charge on any atom is -0.297 e. The van der Waals surface area contributed by atoms with E-state index in [1.54, 1.807) is 0 Å². The summed E-state index contributed by atoms with van der Waals surface area (Å²) in [5, 5.41) is 0. The Balaban J connectivity index is 1.90. The van der Waals surface area contributed by atoms with Crippen LogP contribution in [0, 0.1) is 0 Å². The maximum Gasteiger partial charge on any atom is 0.160 e. The molecule has 2 aliphatic rings. The molecule has 0 N–H and O–H groups in total. The molecule has 2 fully saturated rings. The summed E-state index contributed by atoms with van der Waals surface area (Å²) in [6.45, 7) is 5.59. The number of nitrogens with zero attached hydrogens (tertiary/aromatic N) is 2. The number of Topliss-reactive ketones (excluding diaryl/α,β-unsaturated/α-hetero) is 1. The van der Waals surface area contributed by atoms with Gasteiger partial charge in [0.2, 0.25) is 0 Å². The van der Waals surface area contributed by atoms with Gasteiger partial charge in [0.1, 0.15) is 0 Å². The second kappa shape index (κ2) is 7.80. The second-order valence-electron chi connectivity index (χ2n) is 6.78. The lowest BCUT2D eigenvalue weighted by molar-refractivity contribution is -0.122. The van der Waals surface area contributed by atoms with Crippen LogP contribution in [-0.2, 0) is 24.5 Å². The monoisotopic (exact) mass is 380 g/mol. The van der Waals surface area contributed by atoms with E-state index in [4.69, 9.17) is 0 Å². The smallest absolute Gasteiger partial charge is 0.160 e. The van der Waals surface area contributed by atoms with Crippen LogP contribution >= 0.6 is 0 Å². The van der Waals surface area contributed by atoms with E-state index in [0.717, 1.165) is 0 Å². The van der Waals surface area contributed by atoms with Crippen LogP contribution < -0.4 is 0 Å². The van der Waals surface area contributed by atoms with Crippen molar-refractivity contribution in [2.75, 3.05) is 49.2 Å². The SMILES string of the molecule is CCN(CC(=O)CN(CC)[C@H]1CCS(=O)(=O)C1)[C@H]1CCS(=O)(=O)C1. The van der Waals surface area contributed by atoms with Gasteiger partial charge in [-0.05, 0) is 25.9 Å². The summed E-state index contributed by atoms with van der Waals surface area (Å²) in [5.41, 5.74) is 0. The highest BCUT2D eigenvalue weighted by Gasteiger charge is 2.34. The van der Waals surface area contributed by atoms with Gasteiger partial charge < -0.3 is 0 Å².